The van der Waals surface area contributed by atoms with Gasteiger partial charge in [0.25, 0.3) is 0 Å². The Morgan fingerprint density at radius 3 is 1.30 bits per heavy atom. The highest BCUT2D eigenvalue weighted by Crippen LogP contribution is 2.51. The molecule has 8 rings (SSSR count). The Morgan fingerprint density at radius 2 is 0.974 bits per heavy atom. The fraction of sp³-hybridized carbons (Fsp3) is 0.296. The zero-order valence-corrected chi connectivity index (χ0v) is 42.0. The van der Waals surface area contributed by atoms with Crippen molar-refractivity contribution in [3.05, 3.63) is 154 Å². The zero-order chi connectivity index (χ0) is 55.7. The minimum Gasteiger partial charge on any atom is -0.494 e. The molecule has 4 N–H and O–H groups in total. The lowest BCUT2D eigenvalue weighted by Gasteiger charge is -2.41. The van der Waals surface area contributed by atoms with Crippen molar-refractivity contribution >= 4 is 46.6 Å². The molecule has 0 saturated heterocycles. The standard InChI is InChI=1S/C54H51F6N11O6/c1-5-65-29-41-45(49(65)74)47(35-17-13-33(27-61)14-18-35)67(51(76)69(41)39-11-7-9-37(25-39)53(55,56)57)31-43(72)63-21-23-71(3,4)24-22-64-44(73)32-68-48(36-19-15-34(28-62)16-20-36)46-42(30-66(6-2)50(46)75)70(52(68)77)40-12-8-10-38(26-40)54(58,59)60/h7-20,25-26,29-30,47-48H,5-6,21-24,31-32H2,1-4H3,(H3-,63,64,72,73,74,75)/p+1/t47-,48-/m1/s1. The molecule has 2 aromatic heterocycles. The third-order valence-electron chi connectivity index (χ3n) is 13.6. The Hall–Kier alpha value is -8.96. The van der Waals surface area contributed by atoms with E-state index in [1.807, 2.05) is 26.2 Å². The number of urea groups is 2. The first-order valence-corrected chi connectivity index (χ1v) is 24.3. The molecule has 4 aromatic carbocycles. The summed E-state index contributed by atoms with van der Waals surface area (Å²) in [6.07, 6.45) is -6.62. The Bertz CT molecular complexity index is 3100. The number of fused-ring (bicyclic) bond motifs is 2. The van der Waals surface area contributed by atoms with Gasteiger partial charge >= 0.3 is 24.4 Å². The molecule has 2 aliphatic heterocycles. The van der Waals surface area contributed by atoms with Gasteiger partial charge in [0.15, 0.2) is 11.8 Å². The maximum atomic E-state index is 14.7. The van der Waals surface area contributed by atoms with Crippen LogP contribution in [0.3, 0.4) is 0 Å². The van der Waals surface area contributed by atoms with Crippen LogP contribution in [0.4, 0.5) is 58.7 Å². The molecule has 0 saturated carbocycles. The van der Waals surface area contributed by atoms with E-state index in [-0.39, 0.29) is 89.4 Å². The number of amides is 6. The second-order valence-electron chi connectivity index (χ2n) is 19.0. The van der Waals surface area contributed by atoms with Crippen LogP contribution in [0.1, 0.15) is 70.4 Å². The highest BCUT2D eigenvalue weighted by Gasteiger charge is 2.46. The van der Waals surface area contributed by atoms with E-state index in [1.165, 1.54) is 57.9 Å². The molecule has 77 heavy (non-hydrogen) atoms. The van der Waals surface area contributed by atoms with Crippen molar-refractivity contribution in [3.8, 4) is 23.9 Å². The summed E-state index contributed by atoms with van der Waals surface area (Å²) in [5.41, 5.74) is -0.534. The van der Waals surface area contributed by atoms with Gasteiger partial charge in [-0.2, -0.15) is 36.9 Å². The summed E-state index contributed by atoms with van der Waals surface area (Å²) in [6, 6.07) is 20.5. The van der Waals surface area contributed by atoms with Crippen LogP contribution in [0.2, 0.25) is 0 Å². The van der Waals surface area contributed by atoms with Crippen molar-refractivity contribution < 1.29 is 60.2 Å². The number of nitrogens with one attached hydrogen (secondary N) is 2. The quantitative estimate of drug-likeness (QED) is 0.0543. The van der Waals surface area contributed by atoms with E-state index in [1.54, 1.807) is 38.1 Å². The Kier molecular flexibility index (Phi) is 15.1. The van der Waals surface area contributed by atoms with E-state index in [2.05, 4.69) is 10.6 Å². The summed E-state index contributed by atoms with van der Waals surface area (Å²) in [6.45, 7) is 3.23. The summed E-state index contributed by atoms with van der Waals surface area (Å²) >= 11 is 0. The number of nitriles is 2. The van der Waals surface area contributed by atoms with E-state index in [9.17, 15) is 66.3 Å². The van der Waals surface area contributed by atoms with Crippen LogP contribution in [-0.2, 0) is 35.0 Å². The van der Waals surface area contributed by atoms with Crippen molar-refractivity contribution in [2.75, 3.05) is 63.2 Å². The summed E-state index contributed by atoms with van der Waals surface area (Å²) < 4.78 is 87.0. The lowest BCUT2D eigenvalue weighted by atomic mass is 9.94. The van der Waals surface area contributed by atoms with E-state index in [0.29, 0.717) is 22.3 Å². The number of likely N-dealkylation sites (N-methyl/N-ethyl adjacent to an activating group) is 1. The van der Waals surface area contributed by atoms with E-state index in [0.717, 1.165) is 56.0 Å². The molecular formula is C54H52F6N11O6+. The molecular weight excluding hydrogens is 1010 g/mol. The van der Waals surface area contributed by atoms with Crippen molar-refractivity contribution in [1.82, 2.24) is 29.6 Å². The monoisotopic (exact) mass is 1060 g/mol. The number of alkyl halides is 6. The number of nitrogens with zero attached hydrogens (tertiary/aromatic N) is 9. The lowest BCUT2D eigenvalue weighted by molar-refractivity contribution is -0.887. The van der Waals surface area contributed by atoms with Gasteiger partial charge < -0.3 is 44.3 Å². The number of carbonyl (C=O) groups is 4. The topological polar surface area (TPSA) is 203 Å². The van der Waals surface area contributed by atoms with Gasteiger partial charge in [-0.15, -0.1) is 0 Å². The van der Waals surface area contributed by atoms with Crippen LogP contribution in [0.25, 0.3) is 0 Å². The predicted octanol–water partition coefficient (Wildman–Crippen LogP) is 8.86. The van der Waals surface area contributed by atoms with Gasteiger partial charge in [0.05, 0.1) is 121 Å². The third kappa shape index (κ3) is 10.9. The molecule has 4 heterocycles. The van der Waals surface area contributed by atoms with Gasteiger partial charge in [-0.3, -0.25) is 19.4 Å². The van der Waals surface area contributed by atoms with Crippen molar-refractivity contribution in [3.63, 3.8) is 0 Å². The van der Waals surface area contributed by atoms with Crippen LogP contribution in [-0.4, -0.2) is 111 Å². The fourth-order valence-electron chi connectivity index (χ4n) is 9.62. The van der Waals surface area contributed by atoms with Gasteiger partial charge in [0, 0.05) is 25.5 Å². The molecule has 2 aliphatic rings. The fourth-order valence-corrected chi connectivity index (χ4v) is 9.62. The van der Waals surface area contributed by atoms with Gasteiger partial charge in [-0.25, -0.2) is 9.59 Å². The molecule has 23 heteroatoms. The number of quaternary nitrogens is 1. The number of aromatic hydroxyl groups is 2. The number of hydrogen-bond acceptors (Lipinski definition) is 8. The largest absolute Gasteiger partial charge is 0.494 e. The second-order valence-corrected chi connectivity index (χ2v) is 19.0. The number of anilines is 4. The maximum Gasteiger partial charge on any atom is 0.416 e. The van der Waals surface area contributed by atoms with Crippen LogP contribution in [0.15, 0.2) is 109 Å². The molecule has 17 nitrogen and oxygen atoms in total. The molecule has 0 radical (unpaired) electrons. The normalized spacial score (nSPS) is 15.7. The molecule has 0 unspecified atom stereocenters. The molecule has 6 amide bonds. The van der Waals surface area contributed by atoms with Gasteiger partial charge in [0.2, 0.25) is 11.8 Å². The van der Waals surface area contributed by atoms with Crippen LogP contribution >= 0.6 is 0 Å². The highest BCUT2D eigenvalue weighted by atomic mass is 19.4. The van der Waals surface area contributed by atoms with Crippen molar-refractivity contribution in [2.24, 2.45) is 0 Å². The molecule has 0 aliphatic carbocycles. The van der Waals surface area contributed by atoms with Gasteiger partial charge in [-0.05, 0) is 85.6 Å². The van der Waals surface area contributed by atoms with Crippen LogP contribution < -0.4 is 20.4 Å². The summed E-state index contributed by atoms with van der Waals surface area (Å²) in [7, 11) is 3.63. The summed E-state index contributed by atoms with van der Waals surface area (Å²) in [5.74, 6) is -1.89. The first-order valence-electron chi connectivity index (χ1n) is 24.3. The smallest absolute Gasteiger partial charge is 0.416 e. The molecule has 400 valence electrons. The third-order valence-corrected chi connectivity index (χ3v) is 13.6. The summed E-state index contributed by atoms with van der Waals surface area (Å²) in [5, 5.41) is 47.8. The Balaban J connectivity index is 0.979. The van der Waals surface area contributed by atoms with Crippen molar-refractivity contribution in [2.45, 2.75) is 51.4 Å². The lowest BCUT2D eigenvalue weighted by Crippen LogP contribution is -2.53. The van der Waals surface area contributed by atoms with Crippen LogP contribution in [0.5, 0.6) is 11.8 Å². The highest BCUT2D eigenvalue weighted by molar-refractivity contribution is 6.06. The second kappa shape index (κ2) is 21.3. The Morgan fingerprint density at radius 1 is 0.610 bits per heavy atom. The average Bonchev–Trinajstić information content (AvgIpc) is 3.92. The minimum atomic E-state index is -4.76. The number of benzene rings is 4. The number of rotatable bonds is 16. The first-order chi connectivity index (χ1) is 36.5. The van der Waals surface area contributed by atoms with Crippen molar-refractivity contribution in [1.29, 1.82) is 10.5 Å². The van der Waals surface area contributed by atoms with Crippen LogP contribution in [0, 0.1) is 22.7 Å². The molecule has 0 spiro atoms. The number of halogens is 6. The SMILES string of the molecule is CCn1cc2c(c1O)[C@@H](c1ccc(C#N)cc1)N(CC(=O)NCC[N+](C)(C)CCNC(=O)CN1C(=O)N(c3cccc(C(F)(F)F)c3)c3cn(CC)c(O)c3[C@H]1c1ccc(C#N)cc1)C(=O)N2c1cccc(C(F)(F)F)c1. The maximum absolute atomic E-state index is 14.7. The average molecular weight is 1070 g/mol. The van der Waals surface area contributed by atoms with E-state index >= 15 is 0 Å². The van der Waals surface area contributed by atoms with E-state index < -0.39 is 72.5 Å². The Labute approximate surface area is 438 Å². The summed E-state index contributed by atoms with van der Waals surface area (Å²) in [4.78, 5) is 61.5. The number of carbonyl (C=O) groups excluding carboxylic acids is 4. The van der Waals surface area contributed by atoms with E-state index in [4.69, 9.17) is 0 Å². The minimum absolute atomic E-state index is 0.0343. The van der Waals surface area contributed by atoms with Gasteiger partial charge in [-0.1, -0.05) is 36.4 Å². The molecule has 0 fully saturated rings. The molecule has 2 atom stereocenters. The number of hydrogen-bond donors (Lipinski definition) is 4. The number of aromatic nitrogens is 2. The zero-order valence-electron chi connectivity index (χ0n) is 42.0. The predicted molar refractivity (Wildman–Crippen MR) is 269 cm³/mol. The van der Waals surface area contributed by atoms with Gasteiger partial charge in [0.1, 0.15) is 13.1 Å². The molecule has 0 bridgehead atoms. The molecule has 6 aromatic rings. The number of aryl methyl sites for hydroxylation is 2. The first kappa shape index (κ1) is 54.3.